The van der Waals surface area contributed by atoms with Crippen molar-refractivity contribution in [2.24, 2.45) is 7.05 Å². The zero-order valence-corrected chi connectivity index (χ0v) is 20.4. The summed E-state index contributed by atoms with van der Waals surface area (Å²) in [5.41, 5.74) is 4.62. The molecule has 33 heavy (non-hydrogen) atoms. The van der Waals surface area contributed by atoms with Gasteiger partial charge in [0.15, 0.2) is 0 Å². The molecule has 0 aliphatic heterocycles. The molecule has 4 aromatic rings. The lowest BCUT2D eigenvalue weighted by Gasteiger charge is -2.14. The Hall–Kier alpha value is -3.25. The number of nitrogens with one attached hydrogen (secondary N) is 1. The van der Waals surface area contributed by atoms with Gasteiger partial charge in [0.05, 0.1) is 37.2 Å². The van der Waals surface area contributed by atoms with Gasteiger partial charge in [-0.15, -0.1) is 0 Å². The van der Waals surface area contributed by atoms with Crippen LogP contribution in [0.4, 0.5) is 0 Å². The lowest BCUT2D eigenvalue weighted by Crippen LogP contribution is -2.25. The fourth-order valence-corrected chi connectivity index (χ4v) is 4.07. The molecule has 1 N–H and O–H groups in total. The van der Waals surface area contributed by atoms with Gasteiger partial charge in [-0.05, 0) is 48.0 Å². The summed E-state index contributed by atoms with van der Waals surface area (Å²) in [5, 5.41) is 9.53. The second kappa shape index (κ2) is 8.94. The van der Waals surface area contributed by atoms with Crippen molar-refractivity contribution < 1.29 is 9.53 Å². The van der Waals surface area contributed by atoms with Crippen molar-refractivity contribution in [2.75, 3.05) is 7.11 Å². The first-order valence-electron chi connectivity index (χ1n) is 10.9. The van der Waals surface area contributed by atoms with Crippen LogP contribution in [0, 0.1) is 0 Å². The minimum atomic E-state index is -0.120. The van der Waals surface area contributed by atoms with E-state index in [4.69, 9.17) is 21.4 Å². The predicted octanol–water partition coefficient (Wildman–Crippen LogP) is 5.18. The van der Waals surface area contributed by atoms with Gasteiger partial charge in [0.2, 0.25) is 5.91 Å². The Balaban J connectivity index is 1.56. The quantitative estimate of drug-likeness (QED) is 0.427. The first kappa shape index (κ1) is 22.9. The molecular formula is C26H29ClN4O2. The molecule has 4 rings (SSSR count). The SMILES string of the molecule is COc1ccc2c(c1)c(CC(=O)NCc1cc(C(C)(C)C)nn1-c1cccc(Cl)c1)cn2C. The first-order chi connectivity index (χ1) is 15.7. The number of hydrogen-bond acceptors (Lipinski definition) is 3. The Kier molecular flexibility index (Phi) is 6.21. The van der Waals surface area contributed by atoms with Gasteiger partial charge in [0.1, 0.15) is 5.75 Å². The predicted molar refractivity (Wildman–Crippen MR) is 132 cm³/mol. The maximum Gasteiger partial charge on any atom is 0.224 e. The minimum absolute atomic E-state index is 0.0542. The average Bonchev–Trinajstić information content (AvgIpc) is 3.33. The molecule has 0 saturated carbocycles. The summed E-state index contributed by atoms with van der Waals surface area (Å²) in [7, 11) is 3.62. The number of aromatic nitrogens is 3. The third-order valence-electron chi connectivity index (χ3n) is 5.70. The molecular weight excluding hydrogens is 436 g/mol. The van der Waals surface area contributed by atoms with Crippen LogP contribution >= 0.6 is 11.6 Å². The number of fused-ring (bicyclic) bond motifs is 1. The Bertz CT molecular complexity index is 1310. The Labute approximate surface area is 199 Å². The van der Waals surface area contributed by atoms with E-state index in [0.29, 0.717) is 11.6 Å². The number of methoxy groups -OCH3 is 1. The molecule has 2 heterocycles. The number of ether oxygens (including phenoxy) is 1. The molecule has 0 unspecified atom stereocenters. The number of halogens is 1. The minimum Gasteiger partial charge on any atom is -0.497 e. The van der Waals surface area contributed by atoms with Crippen molar-refractivity contribution >= 4 is 28.4 Å². The Morgan fingerprint density at radius 3 is 2.64 bits per heavy atom. The number of nitrogens with zero attached hydrogens (tertiary/aromatic N) is 3. The van der Waals surface area contributed by atoms with E-state index >= 15 is 0 Å². The smallest absolute Gasteiger partial charge is 0.224 e. The van der Waals surface area contributed by atoms with Crippen LogP contribution < -0.4 is 10.1 Å². The van der Waals surface area contributed by atoms with E-state index < -0.39 is 0 Å². The van der Waals surface area contributed by atoms with Gasteiger partial charge in [-0.25, -0.2) is 4.68 Å². The highest BCUT2D eigenvalue weighted by Gasteiger charge is 2.21. The number of hydrogen-bond donors (Lipinski definition) is 1. The highest BCUT2D eigenvalue weighted by Crippen LogP contribution is 2.27. The molecule has 1 amide bonds. The maximum atomic E-state index is 12.9. The lowest BCUT2D eigenvalue weighted by atomic mass is 9.92. The fraction of sp³-hybridized carbons (Fsp3) is 0.308. The van der Waals surface area contributed by atoms with Crippen molar-refractivity contribution in [3.63, 3.8) is 0 Å². The third-order valence-corrected chi connectivity index (χ3v) is 5.94. The van der Waals surface area contributed by atoms with Gasteiger partial charge in [-0.2, -0.15) is 5.10 Å². The lowest BCUT2D eigenvalue weighted by molar-refractivity contribution is -0.120. The summed E-state index contributed by atoms with van der Waals surface area (Å²) in [6.07, 6.45) is 2.28. The summed E-state index contributed by atoms with van der Waals surface area (Å²) in [5.74, 6) is 0.719. The molecule has 0 aliphatic rings. The fourth-order valence-electron chi connectivity index (χ4n) is 3.89. The summed E-state index contributed by atoms with van der Waals surface area (Å²) in [6.45, 7) is 6.72. The van der Waals surface area contributed by atoms with E-state index in [0.717, 1.165) is 39.3 Å². The van der Waals surface area contributed by atoms with Crippen molar-refractivity contribution in [1.29, 1.82) is 0 Å². The van der Waals surface area contributed by atoms with E-state index in [9.17, 15) is 4.79 Å². The molecule has 0 atom stereocenters. The monoisotopic (exact) mass is 464 g/mol. The van der Waals surface area contributed by atoms with E-state index in [1.54, 1.807) is 7.11 Å². The van der Waals surface area contributed by atoms with Crippen molar-refractivity contribution in [1.82, 2.24) is 19.7 Å². The molecule has 0 radical (unpaired) electrons. The van der Waals surface area contributed by atoms with Crippen LogP contribution in [0.3, 0.4) is 0 Å². The van der Waals surface area contributed by atoms with Crippen LogP contribution in [-0.2, 0) is 30.2 Å². The molecule has 172 valence electrons. The topological polar surface area (TPSA) is 61.1 Å². The zero-order valence-electron chi connectivity index (χ0n) is 19.6. The summed E-state index contributed by atoms with van der Waals surface area (Å²) in [6, 6.07) is 15.5. The Morgan fingerprint density at radius 1 is 1.15 bits per heavy atom. The number of carbonyl (C=O) groups excluding carboxylic acids is 1. The first-order valence-corrected chi connectivity index (χ1v) is 11.3. The molecule has 0 bridgehead atoms. The second-order valence-electron chi connectivity index (χ2n) is 9.26. The molecule has 7 heteroatoms. The second-order valence-corrected chi connectivity index (χ2v) is 9.70. The van der Waals surface area contributed by atoms with Gasteiger partial charge in [0.25, 0.3) is 0 Å². The van der Waals surface area contributed by atoms with Crippen LogP contribution in [0.2, 0.25) is 5.02 Å². The number of carbonyl (C=O) groups is 1. The molecule has 6 nitrogen and oxygen atoms in total. The van der Waals surface area contributed by atoms with Crippen LogP contribution in [0.25, 0.3) is 16.6 Å². The Morgan fingerprint density at radius 2 is 1.94 bits per heavy atom. The maximum absolute atomic E-state index is 12.9. The van der Waals surface area contributed by atoms with E-state index in [1.807, 2.05) is 71.0 Å². The van der Waals surface area contributed by atoms with Crippen LogP contribution in [0.15, 0.2) is 54.7 Å². The van der Waals surface area contributed by atoms with Crippen molar-refractivity contribution in [2.45, 2.75) is 39.2 Å². The zero-order chi connectivity index (χ0) is 23.8. The molecule has 0 fully saturated rings. The van der Waals surface area contributed by atoms with Gasteiger partial charge < -0.3 is 14.6 Å². The van der Waals surface area contributed by atoms with Gasteiger partial charge >= 0.3 is 0 Å². The van der Waals surface area contributed by atoms with E-state index in [1.165, 1.54) is 0 Å². The van der Waals surface area contributed by atoms with Crippen LogP contribution in [-0.4, -0.2) is 27.4 Å². The molecule has 2 aromatic carbocycles. The largest absolute Gasteiger partial charge is 0.497 e. The van der Waals surface area contributed by atoms with Crippen LogP contribution in [0.1, 0.15) is 37.7 Å². The van der Waals surface area contributed by atoms with E-state index in [-0.39, 0.29) is 17.7 Å². The normalized spacial score (nSPS) is 11.7. The number of rotatable bonds is 6. The summed E-state index contributed by atoms with van der Waals surface area (Å²) < 4.78 is 9.25. The number of aryl methyl sites for hydroxylation is 1. The standard InChI is InChI=1S/C26H29ClN4O2/c1-26(2,3)24-13-20(31(29-24)19-8-6-7-18(27)12-19)15-28-25(32)11-17-16-30(4)23-10-9-21(33-5)14-22(17)23/h6-10,12-14,16H,11,15H2,1-5H3,(H,28,32). The highest BCUT2D eigenvalue weighted by atomic mass is 35.5. The summed E-state index contributed by atoms with van der Waals surface area (Å²) >= 11 is 6.21. The molecule has 0 aliphatic carbocycles. The molecule has 0 spiro atoms. The van der Waals surface area contributed by atoms with Crippen LogP contribution in [0.5, 0.6) is 5.75 Å². The van der Waals surface area contributed by atoms with Gasteiger partial charge in [-0.1, -0.05) is 38.4 Å². The summed E-state index contributed by atoms with van der Waals surface area (Å²) in [4.78, 5) is 12.9. The van der Waals surface area contributed by atoms with Crippen molar-refractivity contribution in [3.8, 4) is 11.4 Å². The van der Waals surface area contributed by atoms with Crippen molar-refractivity contribution in [3.05, 3.63) is 76.7 Å². The van der Waals surface area contributed by atoms with Gasteiger partial charge in [0, 0.05) is 34.6 Å². The third kappa shape index (κ3) is 4.91. The number of amides is 1. The highest BCUT2D eigenvalue weighted by molar-refractivity contribution is 6.30. The molecule has 2 aromatic heterocycles. The van der Waals surface area contributed by atoms with E-state index in [2.05, 4.69) is 26.1 Å². The molecule has 0 saturated heterocycles. The number of benzene rings is 2. The van der Waals surface area contributed by atoms with Gasteiger partial charge in [-0.3, -0.25) is 4.79 Å². The average molecular weight is 465 g/mol.